The molecule has 0 radical (unpaired) electrons. The van der Waals surface area contributed by atoms with E-state index in [1.165, 1.54) is 0 Å². The van der Waals surface area contributed by atoms with Crippen LogP contribution in [0.15, 0.2) is 41.7 Å². The van der Waals surface area contributed by atoms with Crippen LogP contribution in [0.1, 0.15) is 26.1 Å². The van der Waals surface area contributed by atoms with Gasteiger partial charge < -0.3 is 20.4 Å². The molecule has 0 saturated heterocycles. The average molecular weight is 422 g/mol. The van der Waals surface area contributed by atoms with Crippen LogP contribution in [0.4, 0.5) is 5.82 Å². The second kappa shape index (κ2) is 9.44. The summed E-state index contributed by atoms with van der Waals surface area (Å²) in [4.78, 5) is 33.1. The molecular formula is C23H27N5O3. The zero-order chi connectivity index (χ0) is 22.5. The van der Waals surface area contributed by atoms with E-state index in [1.807, 2.05) is 32.1 Å². The van der Waals surface area contributed by atoms with Crippen molar-refractivity contribution >= 4 is 34.4 Å². The molecule has 0 saturated carbocycles. The Morgan fingerprint density at radius 3 is 2.77 bits per heavy atom. The molecule has 162 valence electrons. The summed E-state index contributed by atoms with van der Waals surface area (Å²) in [5, 5.41) is 6.68. The highest BCUT2D eigenvalue weighted by molar-refractivity contribution is 5.96. The fourth-order valence-corrected chi connectivity index (χ4v) is 3.24. The third-order valence-electron chi connectivity index (χ3n) is 5.05. The second-order valence-electron chi connectivity index (χ2n) is 7.02. The summed E-state index contributed by atoms with van der Waals surface area (Å²) in [6.07, 6.45) is 3.77. The summed E-state index contributed by atoms with van der Waals surface area (Å²) in [6, 6.07) is 7.21. The molecule has 3 N–H and O–H groups in total. The predicted molar refractivity (Wildman–Crippen MR) is 125 cm³/mol. The largest absolute Gasteiger partial charge is 0.497 e. The number of aromatic nitrogens is 3. The molecule has 0 fully saturated rings. The number of ether oxygens (including phenoxy) is 1. The molecular weight excluding hydrogens is 394 g/mol. The molecule has 0 atom stereocenters. The first-order chi connectivity index (χ1) is 14.9. The minimum Gasteiger partial charge on any atom is -0.497 e. The normalized spacial score (nSPS) is 11.5. The van der Waals surface area contributed by atoms with Crippen LogP contribution < -0.4 is 20.9 Å². The van der Waals surface area contributed by atoms with Crippen LogP contribution in [-0.4, -0.2) is 41.1 Å². The lowest BCUT2D eigenvalue weighted by Gasteiger charge is -2.10. The fourth-order valence-electron chi connectivity index (χ4n) is 3.24. The minimum atomic E-state index is -0.315. The smallest absolute Gasteiger partial charge is 0.258 e. The van der Waals surface area contributed by atoms with Crippen LogP contribution in [0.5, 0.6) is 5.75 Å². The van der Waals surface area contributed by atoms with Crippen molar-refractivity contribution in [3.63, 3.8) is 0 Å². The summed E-state index contributed by atoms with van der Waals surface area (Å²) >= 11 is 0. The summed E-state index contributed by atoms with van der Waals surface area (Å²) < 4.78 is 6.93. The van der Waals surface area contributed by atoms with E-state index in [1.54, 1.807) is 37.1 Å². The molecule has 8 heteroatoms. The highest BCUT2D eigenvalue weighted by atomic mass is 16.5. The standard InChI is InChI=1S/C23H27N5O3/c1-6-14(3)21-27-20(22(28(21)7-2)26-19(29)10-11-24-4)17-12-15-8-9-16(31-5)13-18(15)25-23(17)30/h6-9,12-13,24H,2,10-11H2,1,3-5H3,(H,25,30)(H,26,29)/b14-6-. The van der Waals surface area contributed by atoms with E-state index in [-0.39, 0.29) is 17.9 Å². The number of pyridine rings is 1. The number of benzene rings is 1. The minimum absolute atomic E-state index is 0.190. The molecule has 0 unspecified atom stereocenters. The lowest BCUT2D eigenvalue weighted by atomic mass is 10.1. The number of nitrogens with zero attached hydrogens (tertiary/aromatic N) is 2. The molecule has 0 aliphatic heterocycles. The van der Waals surface area contributed by atoms with Gasteiger partial charge in [-0.25, -0.2) is 4.98 Å². The van der Waals surface area contributed by atoms with Crippen LogP contribution in [0, 0.1) is 0 Å². The van der Waals surface area contributed by atoms with Gasteiger partial charge in [0, 0.05) is 25.2 Å². The van der Waals surface area contributed by atoms with Gasteiger partial charge in [-0.1, -0.05) is 12.7 Å². The van der Waals surface area contributed by atoms with Crippen molar-refractivity contribution in [3.8, 4) is 17.0 Å². The fraction of sp³-hybridized carbons (Fsp3) is 0.261. The van der Waals surface area contributed by atoms with Gasteiger partial charge in [-0.15, -0.1) is 0 Å². The third kappa shape index (κ3) is 4.44. The van der Waals surface area contributed by atoms with Gasteiger partial charge in [0.05, 0.1) is 18.2 Å². The maximum absolute atomic E-state index is 13.0. The molecule has 2 heterocycles. The average Bonchev–Trinajstić information content (AvgIpc) is 3.13. The van der Waals surface area contributed by atoms with Crippen LogP contribution in [0.25, 0.3) is 33.9 Å². The first kappa shape index (κ1) is 22.0. The number of amides is 1. The number of H-pyrrole nitrogens is 1. The number of methoxy groups -OCH3 is 1. The maximum Gasteiger partial charge on any atom is 0.258 e. The molecule has 3 aromatic rings. The Hall–Kier alpha value is -3.65. The van der Waals surface area contributed by atoms with E-state index in [9.17, 15) is 9.59 Å². The highest BCUT2D eigenvalue weighted by Crippen LogP contribution is 2.31. The Kier molecular flexibility index (Phi) is 6.71. The number of rotatable bonds is 8. The SMILES string of the molecule is C=Cn1c(/C(C)=C\C)nc(-c2cc3ccc(OC)cc3[nH]c2=O)c1NC(=O)CCNC. The van der Waals surface area contributed by atoms with E-state index >= 15 is 0 Å². The molecule has 1 amide bonds. The maximum atomic E-state index is 13.0. The second-order valence-corrected chi connectivity index (χ2v) is 7.02. The Balaban J connectivity index is 2.22. The van der Waals surface area contributed by atoms with E-state index in [0.717, 1.165) is 11.0 Å². The van der Waals surface area contributed by atoms with Crippen molar-refractivity contribution in [3.05, 3.63) is 53.1 Å². The van der Waals surface area contributed by atoms with Crippen molar-refractivity contribution in [2.75, 3.05) is 26.0 Å². The van der Waals surface area contributed by atoms with Crippen molar-refractivity contribution in [1.29, 1.82) is 0 Å². The van der Waals surface area contributed by atoms with Gasteiger partial charge in [0.1, 0.15) is 23.1 Å². The molecule has 3 rings (SSSR count). The van der Waals surface area contributed by atoms with Crippen molar-refractivity contribution in [2.45, 2.75) is 20.3 Å². The van der Waals surface area contributed by atoms with Crippen LogP contribution in [0.3, 0.4) is 0 Å². The first-order valence-electron chi connectivity index (χ1n) is 9.97. The molecule has 31 heavy (non-hydrogen) atoms. The topological polar surface area (TPSA) is 101 Å². The van der Waals surface area contributed by atoms with E-state index < -0.39 is 0 Å². The van der Waals surface area contributed by atoms with Gasteiger partial charge in [-0.2, -0.15) is 0 Å². The monoisotopic (exact) mass is 421 g/mol. The quantitative estimate of drug-likeness (QED) is 0.517. The Labute approximate surface area is 180 Å². The number of hydrogen-bond donors (Lipinski definition) is 3. The Morgan fingerprint density at radius 1 is 1.35 bits per heavy atom. The lowest BCUT2D eigenvalue weighted by molar-refractivity contribution is -0.116. The predicted octanol–water partition coefficient (Wildman–Crippen LogP) is 3.47. The Morgan fingerprint density at radius 2 is 2.13 bits per heavy atom. The molecule has 8 nitrogen and oxygen atoms in total. The number of carbonyl (C=O) groups excluding carboxylic acids is 1. The van der Waals surface area contributed by atoms with Gasteiger partial charge in [0.25, 0.3) is 5.56 Å². The van der Waals surface area contributed by atoms with Crippen molar-refractivity contribution in [1.82, 2.24) is 19.9 Å². The number of carbonyl (C=O) groups is 1. The van der Waals surface area contributed by atoms with Crippen LogP contribution in [0.2, 0.25) is 0 Å². The van der Waals surface area contributed by atoms with Crippen LogP contribution >= 0.6 is 0 Å². The summed E-state index contributed by atoms with van der Waals surface area (Å²) in [6.45, 7) is 8.21. The van der Waals surface area contributed by atoms with Gasteiger partial charge in [-0.05, 0) is 50.1 Å². The summed E-state index contributed by atoms with van der Waals surface area (Å²) in [5.74, 6) is 1.47. The van der Waals surface area contributed by atoms with E-state index in [0.29, 0.717) is 40.7 Å². The van der Waals surface area contributed by atoms with Gasteiger partial charge >= 0.3 is 0 Å². The molecule has 1 aromatic carbocycles. The molecule has 0 bridgehead atoms. The van der Waals surface area contributed by atoms with E-state index in [4.69, 9.17) is 9.72 Å². The lowest BCUT2D eigenvalue weighted by Crippen LogP contribution is -2.20. The zero-order valence-electron chi connectivity index (χ0n) is 18.2. The molecule has 0 spiro atoms. The number of nitrogens with one attached hydrogen (secondary N) is 3. The van der Waals surface area contributed by atoms with Crippen LogP contribution in [-0.2, 0) is 4.79 Å². The number of hydrogen-bond acceptors (Lipinski definition) is 5. The van der Waals surface area contributed by atoms with E-state index in [2.05, 4.69) is 22.2 Å². The summed E-state index contributed by atoms with van der Waals surface area (Å²) in [5.41, 5.74) is 1.96. The van der Waals surface area contributed by atoms with Crippen molar-refractivity contribution < 1.29 is 9.53 Å². The first-order valence-corrected chi connectivity index (χ1v) is 9.97. The number of allylic oxidation sites excluding steroid dienone is 2. The van der Waals surface area contributed by atoms with Crippen molar-refractivity contribution in [2.24, 2.45) is 0 Å². The number of fused-ring (bicyclic) bond motifs is 1. The zero-order valence-corrected chi connectivity index (χ0v) is 18.2. The van der Waals surface area contributed by atoms with Gasteiger partial charge in [0.15, 0.2) is 0 Å². The summed E-state index contributed by atoms with van der Waals surface area (Å²) in [7, 11) is 3.35. The third-order valence-corrected chi connectivity index (χ3v) is 5.05. The number of anilines is 1. The number of imidazole rings is 1. The highest BCUT2D eigenvalue weighted by Gasteiger charge is 2.22. The van der Waals surface area contributed by atoms with Gasteiger partial charge in [0.2, 0.25) is 5.91 Å². The number of aromatic amines is 1. The Bertz CT molecular complexity index is 1220. The molecule has 0 aliphatic rings. The van der Waals surface area contributed by atoms with Gasteiger partial charge in [-0.3, -0.25) is 14.2 Å². The molecule has 0 aliphatic carbocycles. The molecule has 2 aromatic heterocycles.